The Hall–Kier alpha value is -3.47. The number of carbonyl (C=O) groups excluding carboxylic acids is 1. The van der Waals surface area contributed by atoms with Gasteiger partial charge in [-0.2, -0.15) is 13.2 Å². The van der Waals surface area contributed by atoms with E-state index in [-0.39, 0.29) is 46.3 Å². The van der Waals surface area contributed by atoms with Crippen LogP contribution in [0, 0.1) is 12.7 Å². The minimum atomic E-state index is -5.33. The Morgan fingerprint density at radius 3 is 2.56 bits per heavy atom. The molecule has 11 heteroatoms. The predicted molar refractivity (Wildman–Crippen MR) is 113 cm³/mol. The third-order valence-corrected chi connectivity index (χ3v) is 6.19. The molecule has 180 valence electrons. The van der Waals surface area contributed by atoms with Crippen molar-refractivity contribution in [1.29, 1.82) is 0 Å². The summed E-state index contributed by atoms with van der Waals surface area (Å²) in [6.07, 6.45) is -5.94. The number of hydrogen-bond donors (Lipinski definition) is 2. The molecule has 1 amide bonds. The summed E-state index contributed by atoms with van der Waals surface area (Å²) >= 11 is 0. The van der Waals surface area contributed by atoms with Gasteiger partial charge >= 0.3 is 11.8 Å². The van der Waals surface area contributed by atoms with Crippen LogP contribution in [0.5, 0.6) is 5.75 Å². The first kappa shape index (κ1) is 23.7. The first-order valence-corrected chi connectivity index (χ1v) is 10.3. The molecule has 4 rings (SSSR count). The molecule has 2 aromatic carbocycles. The van der Waals surface area contributed by atoms with E-state index in [9.17, 15) is 32.3 Å². The average molecular weight is 480 g/mol. The SMILES string of the molecule is COc1c(F)cccc1C1(CC(O)(C(=O)Nc2ccc3c(=O)onc(C)c3c2)C(F)(F)F)CC1. The minimum Gasteiger partial charge on any atom is -0.493 e. The van der Waals surface area contributed by atoms with Crippen molar-refractivity contribution in [3.8, 4) is 5.75 Å². The minimum absolute atomic E-state index is 0.0798. The zero-order valence-electron chi connectivity index (χ0n) is 18.1. The van der Waals surface area contributed by atoms with Gasteiger partial charge in [-0.1, -0.05) is 17.3 Å². The summed E-state index contributed by atoms with van der Waals surface area (Å²) in [6, 6.07) is 7.63. The van der Waals surface area contributed by atoms with Crippen LogP contribution in [-0.2, 0) is 10.2 Å². The van der Waals surface area contributed by atoms with Gasteiger partial charge in [0.05, 0.1) is 18.2 Å². The zero-order chi connectivity index (χ0) is 24.9. The van der Waals surface area contributed by atoms with Crippen LogP contribution < -0.4 is 15.7 Å². The highest BCUT2D eigenvalue weighted by atomic mass is 19.4. The van der Waals surface area contributed by atoms with Gasteiger partial charge in [-0.3, -0.25) is 4.79 Å². The molecule has 0 aliphatic heterocycles. The van der Waals surface area contributed by atoms with E-state index >= 15 is 0 Å². The highest BCUT2D eigenvalue weighted by Crippen LogP contribution is 2.58. The van der Waals surface area contributed by atoms with Gasteiger partial charge in [0.1, 0.15) is 0 Å². The van der Waals surface area contributed by atoms with Crippen molar-refractivity contribution in [3.63, 3.8) is 0 Å². The number of ether oxygens (including phenoxy) is 1. The van der Waals surface area contributed by atoms with Crippen molar-refractivity contribution in [2.24, 2.45) is 0 Å². The fourth-order valence-corrected chi connectivity index (χ4v) is 4.17. The molecule has 0 bridgehead atoms. The number of hydrogen-bond acceptors (Lipinski definition) is 6. The maximum absolute atomic E-state index is 14.2. The lowest BCUT2D eigenvalue weighted by Crippen LogP contribution is -2.56. The molecule has 1 unspecified atom stereocenters. The van der Waals surface area contributed by atoms with Crippen molar-refractivity contribution in [2.45, 2.75) is 43.4 Å². The third-order valence-electron chi connectivity index (χ3n) is 6.19. The molecule has 7 nitrogen and oxygen atoms in total. The molecule has 0 radical (unpaired) electrons. The van der Waals surface area contributed by atoms with Crippen LogP contribution in [-0.4, -0.2) is 35.1 Å². The van der Waals surface area contributed by atoms with Gasteiger partial charge in [0.15, 0.2) is 11.6 Å². The van der Waals surface area contributed by atoms with Gasteiger partial charge in [-0.05, 0) is 44.0 Å². The molecule has 1 aromatic heterocycles. The number of anilines is 1. The number of halogens is 4. The van der Waals surface area contributed by atoms with Crippen molar-refractivity contribution in [1.82, 2.24) is 5.16 Å². The number of rotatable bonds is 6. The second-order valence-electron chi connectivity index (χ2n) is 8.41. The molecule has 1 saturated carbocycles. The quantitative estimate of drug-likeness (QED) is 0.518. The maximum Gasteiger partial charge on any atom is 0.426 e. The molecule has 3 aromatic rings. The normalized spacial score (nSPS) is 16.7. The van der Waals surface area contributed by atoms with Crippen molar-refractivity contribution in [3.05, 3.63) is 63.9 Å². The van der Waals surface area contributed by atoms with Gasteiger partial charge in [-0.15, -0.1) is 0 Å². The Morgan fingerprint density at radius 2 is 1.94 bits per heavy atom. The standard InChI is InChI=1S/C23H20F4N2O5/c1-12-15-10-13(6-7-14(15)19(30)34-29-12)28-20(31)22(32,23(25,26)27)11-21(8-9-21)16-4-3-5-17(24)18(16)33-2/h3-7,10,32H,8-9,11H2,1-2H3,(H,28,31). The smallest absolute Gasteiger partial charge is 0.426 e. The number of para-hydroxylation sites is 1. The average Bonchev–Trinajstić information content (AvgIpc) is 3.55. The van der Waals surface area contributed by atoms with Crippen LogP contribution >= 0.6 is 0 Å². The van der Waals surface area contributed by atoms with E-state index in [0.29, 0.717) is 0 Å². The molecular formula is C23H20F4N2O5. The molecule has 1 heterocycles. The summed E-state index contributed by atoms with van der Waals surface area (Å²) in [5, 5.41) is 16.8. The fraction of sp³-hybridized carbons (Fsp3) is 0.348. The van der Waals surface area contributed by atoms with Gasteiger partial charge in [0.2, 0.25) is 5.60 Å². The van der Waals surface area contributed by atoms with Crippen molar-refractivity contribution in [2.75, 3.05) is 12.4 Å². The summed E-state index contributed by atoms with van der Waals surface area (Å²) in [4.78, 5) is 24.6. The molecule has 0 saturated heterocycles. The summed E-state index contributed by atoms with van der Waals surface area (Å²) < 4.78 is 66.1. The predicted octanol–water partition coefficient (Wildman–Crippen LogP) is 4.00. The van der Waals surface area contributed by atoms with Crippen LogP contribution in [0.4, 0.5) is 23.2 Å². The molecule has 2 N–H and O–H groups in total. The highest BCUT2D eigenvalue weighted by molar-refractivity contribution is 6.00. The summed E-state index contributed by atoms with van der Waals surface area (Å²) in [5.41, 5.74) is -5.46. The van der Waals surface area contributed by atoms with E-state index in [1.54, 1.807) is 0 Å². The Labute approximate surface area is 190 Å². The summed E-state index contributed by atoms with van der Waals surface area (Å²) in [5.74, 6) is -2.67. The van der Waals surface area contributed by atoms with Gasteiger partial charge in [-0.25, -0.2) is 9.18 Å². The Bertz CT molecular complexity index is 1330. The number of aryl methyl sites for hydroxylation is 1. The first-order valence-electron chi connectivity index (χ1n) is 10.3. The van der Waals surface area contributed by atoms with E-state index in [1.807, 2.05) is 0 Å². The van der Waals surface area contributed by atoms with Gasteiger partial charge in [0.25, 0.3) is 5.91 Å². The Balaban J connectivity index is 1.69. The van der Waals surface area contributed by atoms with Crippen molar-refractivity contribution < 1.29 is 36.7 Å². The second kappa shape index (κ2) is 8.08. The van der Waals surface area contributed by atoms with E-state index in [2.05, 4.69) is 15.0 Å². The summed E-state index contributed by atoms with van der Waals surface area (Å²) in [6.45, 7) is 1.52. The maximum atomic E-state index is 14.2. The third kappa shape index (κ3) is 3.89. The van der Waals surface area contributed by atoms with Crippen LogP contribution in [0.25, 0.3) is 10.8 Å². The van der Waals surface area contributed by atoms with Gasteiger partial charge in [0, 0.05) is 28.5 Å². The monoisotopic (exact) mass is 480 g/mol. The number of nitrogens with one attached hydrogen (secondary N) is 1. The molecular weight excluding hydrogens is 460 g/mol. The second-order valence-corrected chi connectivity index (χ2v) is 8.41. The molecule has 0 spiro atoms. The number of carbonyl (C=O) groups is 1. The van der Waals surface area contributed by atoms with Crippen molar-refractivity contribution >= 4 is 22.4 Å². The molecule has 1 atom stereocenters. The van der Waals surface area contributed by atoms with E-state index in [1.165, 1.54) is 44.4 Å². The Kier molecular flexibility index (Phi) is 5.63. The number of benzene rings is 2. The lowest BCUT2D eigenvalue weighted by atomic mass is 9.81. The highest BCUT2D eigenvalue weighted by Gasteiger charge is 2.65. The molecule has 1 aliphatic carbocycles. The number of methoxy groups -OCH3 is 1. The van der Waals surface area contributed by atoms with E-state index in [0.717, 1.165) is 6.07 Å². The Morgan fingerprint density at radius 1 is 1.24 bits per heavy atom. The van der Waals surface area contributed by atoms with E-state index < -0.39 is 41.0 Å². The molecule has 1 fully saturated rings. The number of aromatic nitrogens is 1. The number of amides is 1. The largest absolute Gasteiger partial charge is 0.493 e. The van der Waals surface area contributed by atoms with Crippen LogP contribution in [0.15, 0.2) is 45.7 Å². The number of fused-ring (bicyclic) bond motifs is 1. The fourth-order valence-electron chi connectivity index (χ4n) is 4.17. The lowest BCUT2D eigenvalue weighted by Gasteiger charge is -2.33. The molecule has 1 aliphatic rings. The number of aliphatic hydroxyl groups is 1. The first-order chi connectivity index (χ1) is 15.9. The van der Waals surface area contributed by atoms with E-state index in [4.69, 9.17) is 4.74 Å². The van der Waals surface area contributed by atoms with Crippen LogP contribution in [0.1, 0.15) is 30.5 Å². The lowest BCUT2D eigenvalue weighted by molar-refractivity contribution is -0.253. The summed E-state index contributed by atoms with van der Waals surface area (Å²) in [7, 11) is 1.19. The van der Waals surface area contributed by atoms with Crippen LogP contribution in [0.3, 0.4) is 0 Å². The van der Waals surface area contributed by atoms with Crippen LogP contribution in [0.2, 0.25) is 0 Å². The number of alkyl halides is 3. The number of nitrogens with zero attached hydrogens (tertiary/aromatic N) is 1. The zero-order valence-corrected chi connectivity index (χ0v) is 18.1. The van der Waals surface area contributed by atoms with Gasteiger partial charge < -0.3 is 19.7 Å². The topological polar surface area (TPSA) is 102 Å². The molecule has 34 heavy (non-hydrogen) atoms.